The Bertz CT molecular complexity index is 501. The van der Waals surface area contributed by atoms with E-state index in [1.165, 1.54) is 0 Å². The predicted octanol–water partition coefficient (Wildman–Crippen LogP) is 2.12. The third-order valence-electron chi connectivity index (χ3n) is 3.15. The van der Waals surface area contributed by atoms with E-state index in [1.807, 2.05) is 25.3 Å². The van der Waals surface area contributed by atoms with Crippen LogP contribution in [0.5, 0.6) is 0 Å². The van der Waals surface area contributed by atoms with Crippen LogP contribution in [0.3, 0.4) is 0 Å². The van der Waals surface area contributed by atoms with Crippen molar-refractivity contribution in [3.05, 3.63) is 29.8 Å². The van der Waals surface area contributed by atoms with Crippen molar-refractivity contribution in [3.63, 3.8) is 0 Å². The summed E-state index contributed by atoms with van der Waals surface area (Å²) >= 11 is 1.73. The Kier molecular flexibility index (Phi) is 8.33. The molecule has 0 aliphatic heterocycles. The summed E-state index contributed by atoms with van der Waals surface area (Å²) in [5, 5.41) is 3.25. The maximum Gasteiger partial charge on any atom is 0.240 e. The maximum absolute atomic E-state index is 12.2. The van der Waals surface area contributed by atoms with Gasteiger partial charge in [0.25, 0.3) is 0 Å². The van der Waals surface area contributed by atoms with Gasteiger partial charge in [0.1, 0.15) is 0 Å². The lowest BCUT2D eigenvalue weighted by molar-refractivity contribution is 0.562. The molecule has 0 aromatic heterocycles. The minimum absolute atomic E-state index is 0.328. The molecule has 1 atom stereocenters. The van der Waals surface area contributed by atoms with Crippen LogP contribution in [-0.4, -0.2) is 40.1 Å². The minimum atomic E-state index is -3.39. The molecule has 0 radical (unpaired) electrons. The number of nitrogens with one attached hydrogen (secondary N) is 2. The number of hydrogen-bond acceptors (Lipinski definition) is 4. The summed E-state index contributed by atoms with van der Waals surface area (Å²) in [4.78, 5) is 0.339. The zero-order chi connectivity index (χ0) is 15.7. The molecule has 1 aromatic carbocycles. The van der Waals surface area contributed by atoms with E-state index in [0.717, 1.165) is 30.8 Å². The Labute approximate surface area is 133 Å². The number of benzene rings is 1. The standard InChI is InChI=1S/C15H26N2O2S2/c1-4-16-10-9-14-5-7-15(8-6-14)21(18,19)17-11-13(2)12-20-3/h5-8,13,16-17H,4,9-12H2,1-3H3. The van der Waals surface area contributed by atoms with Gasteiger partial charge < -0.3 is 5.32 Å². The Hall–Kier alpha value is -0.560. The highest BCUT2D eigenvalue weighted by atomic mass is 32.2. The first kappa shape index (κ1) is 18.5. The molecule has 0 saturated carbocycles. The Morgan fingerprint density at radius 3 is 2.48 bits per heavy atom. The molecule has 120 valence electrons. The van der Waals surface area contributed by atoms with Crippen molar-refractivity contribution in [2.75, 3.05) is 31.6 Å². The smallest absolute Gasteiger partial charge is 0.240 e. The summed E-state index contributed by atoms with van der Waals surface area (Å²) in [5.74, 6) is 1.28. The predicted molar refractivity (Wildman–Crippen MR) is 91.4 cm³/mol. The van der Waals surface area contributed by atoms with Gasteiger partial charge >= 0.3 is 0 Å². The van der Waals surface area contributed by atoms with Crippen molar-refractivity contribution >= 4 is 21.8 Å². The van der Waals surface area contributed by atoms with Crippen LogP contribution in [0.25, 0.3) is 0 Å². The summed E-state index contributed by atoms with van der Waals surface area (Å²) in [6.45, 7) is 6.45. The number of rotatable bonds is 10. The lowest BCUT2D eigenvalue weighted by atomic mass is 10.1. The molecule has 0 saturated heterocycles. The summed E-state index contributed by atoms with van der Waals surface area (Å²) in [5.41, 5.74) is 1.14. The highest BCUT2D eigenvalue weighted by molar-refractivity contribution is 7.98. The van der Waals surface area contributed by atoms with E-state index in [2.05, 4.69) is 17.0 Å². The summed E-state index contributed by atoms with van der Waals surface area (Å²) < 4.78 is 27.0. The molecule has 1 rings (SSSR count). The zero-order valence-corrected chi connectivity index (χ0v) is 14.7. The molecule has 0 fully saturated rings. The van der Waals surface area contributed by atoms with Gasteiger partial charge in [0.2, 0.25) is 10.0 Å². The fraction of sp³-hybridized carbons (Fsp3) is 0.600. The molecular formula is C15H26N2O2S2. The summed E-state index contributed by atoms with van der Waals surface area (Å²) in [6, 6.07) is 7.14. The first-order valence-electron chi connectivity index (χ1n) is 7.28. The highest BCUT2D eigenvalue weighted by Gasteiger charge is 2.14. The van der Waals surface area contributed by atoms with E-state index in [0.29, 0.717) is 17.4 Å². The molecule has 0 amide bonds. The van der Waals surface area contributed by atoms with Gasteiger partial charge in [-0.25, -0.2) is 13.1 Å². The van der Waals surface area contributed by atoms with E-state index in [1.54, 1.807) is 23.9 Å². The first-order valence-corrected chi connectivity index (χ1v) is 10.2. The third-order valence-corrected chi connectivity index (χ3v) is 5.49. The lowest BCUT2D eigenvalue weighted by Crippen LogP contribution is -2.29. The van der Waals surface area contributed by atoms with Crippen LogP contribution < -0.4 is 10.0 Å². The molecule has 0 bridgehead atoms. The van der Waals surface area contributed by atoms with Crippen LogP contribution in [0.4, 0.5) is 0 Å². The van der Waals surface area contributed by atoms with Crippen LogP contribution in [-0.2, 0) is 16.4 Å². The van der Waals surface area contributed by atoms with Gasteiger partial charge in [-0.05, 0) is 55.1 Å². The molecule has 0 aliphatic carbocycles. The maximum atomic E-state index is 12.2. The van der Waals surface area contributed by atoms with Crippen molar-refractivity contribution in [3.8, 4) is 0 Å². The van der Waals surface area contributed by atoms with E-state index in [4.69, 9.17) is 0 Å². The summed E-state index contributed by atoms with van der Waals surface area (Å²) in [6.07, 6.45) is 2.93. The molecule has 1 aromatic rings. The Morgan fingerprint density at radius 2 is 1.90 bits per heavy atom. The Morgan fingerprint density at radius 1 is 1.24 bits per heavy atom. The molecule has 0 heterocycles. The molecule has 0 spiro atoms. The molecule has 1 unspecified atom stereocenters. The molecular weight excluding hydrogens is 304 g/mol. The topological polar surface area (TPSA) is 58.2 Å². The first-order chi connectivity index (χ1) is 9.99. The van der Waals surface area contributed by atoms with E-state index in [9.17, 15) is 8.42 Å². The van der Waals surface area contributed by atoms with Gasteiger partial charge in [0.05, 0.1) is 4.90 Å². The molecule has 6 heteroatoms. The van der Waals surface area contributed by atoms with Crippen LogP contribution in [0.15, 0.2) is 29.2 Å². The van der Waals surface area contributed by atoms with Crippen molar-refractivity contribution in [1.82, 2.24) is 10.0 Å². The molecule has 4 nitrogen and oxygen atoms in total. The highest BCUT2D eigenvalue weighted by Crippen LogP contribution is 2.12. The monoisotopic (exact) mass is 330 g/mol. The van der Waals surface area contributed by atoms with Crippen LogP contribution >= 0.6 is 11.8 Å². The SMILES string of the molecule is CCNCCc1ccc(S(=O)(=O)NCC(C)CSC)cc1. The lowest BCUT2D eigenvalue weighted by Gasteiger charge is -2.12. The second kappa shape index (κ2) is 9.46. The molecule has 2 N–H and O–H groups in total. The van der Waals surface area contributed by atoms with Gasteiger partial charge in [-0.3, -0.25) is 0 Å². The van der Waals surface area contributed by atoms with Crippen LogP contribution in [0, 0.1) is 5.92 Å². The second-order valence-electron chi connectivity index (χ2n) is 5.16. The van der Waals surface area contributed by atoms with Crippen molar-refractivity contribution in [1.29, 1.82) is 0 Å². The van der Waals surface area contributed by atoms with Crippen LogP contribution in [0.2, 0.25) is 0 Å². The van der Waals surface area contributed by atoms with Gasteiger partial charge in [-0.1, -0.05) is 26.0 Å². The number of thioether (sulfide) groups is 1. The molecule has 21 heavy (non-hydrogen) atoms. The van der Waals surface area contributed by atoms with Crippen molar-refractivity contribution < 1.29 is 8.42 Å². The quantitative estimate of drug-likeness (QED) is 0.645. The van der Waals surface area contributed by atoms with Gasteiger partial charge in [0, 0.05) is 6.54 Å². The largest absolute Gasteiger partial charge is 0.317 e. The van der Waals surface area contributed by atoms with Crippen molar-refractivity contribution in [2.24, 2.45) is 5.92 Å². The summed E-state index contributed by atoms with van der Waals surface area (Å²) in [7, 11) is -3.39. The van der Waals surface area contributed by atoms with Gasteiger partial charge in [0.15, 0.2) is 0 Å². The van der Waals surface area contributed by atoms with Gasteiger partial charge in [-0.2, -0.15) is 11.8 Å². The van der Waals surface area contributed by atoms with Crippen LogP contribution in [0.1, 0.15) is 19.4 Å². The van der Waals surface area contributed by atoms with E-state index >= 15 is 0 Å². The van der Waals surface area contributed by atoms with E-state index < -0.39 is 10.0 Å². The fourth-order valence-corrected chi connectivity index (χ4v) is 3.78. The zero-order valence-electron chi connectivity index (χ0n) is 13.1. The van der Waals surface area contributed by atoms with Gasteiger partial charge in [-0.15, -0.1) is 0 Å². The van der Waals surface area contributed by atoms with E-state index in [-0.39, 0.29) is 0 Å². The third kappa shape index (κ3) is 6.82. The normalized spacial score (nSPS) is 13.3. The fourth-order valence-electron chi connectivity index (χ4n) is 1.92. The number of sulfonamides is 1. The second-order valence-corrected chi connectivity index (χ2v) is 7.84. The number of likely N-dealkylation sites (N-methyl/N-ethyl adjacent to an activating group) is 1. The average Bonchev–Trinajstić information content (AvgIpc) is 2.46. The average molecular weight is 331 g/mol. The molecule has 0 aliphatic rings. The Balaban J connectivity index is 2.58. The minimum Gasteiger partial charge on any atom is -0.317 e. The van der Waals surface area contributed by atoms with Crippen molar-refractivity contribution in [2.45, 2.75) is 25.2 Å². The number of hydrogen-bond donors (Lipinski definition) is 2.